The zero-order valence-corrected chi connectivity index (χ0v) is 36.4. The summed E-state index contributed by atoms with van der Waals surface area (Å²) in [7, 11) is 0. The Hall–Kier alpha value is -6.84. The normalized spacial score (nSPS) is 15.8. The van der Waals surface area contributed by atoms with Gasteiger partial charge in [0.05, 0.1) is 10.8 Å². The molecular weight excluding hydrogens is 797 g/mol. The molecule has 15 rings (SSSR count). The highest BCUT2D eigenvalue weighted by Crippen LogP contribution is 2.67. The predicted molar refractivity (Wildman–Crippen MR) is 263 cm³/mol. The number of benzene rings is 8. The second kappa shape index (κ2) is 11.8. The van der Waals surface area contributed by atoms with E-state index in [1.54, 1.807) is 0 Å². The van der Waals surface area contributed by atoms with Gasteiger partial charge in [-0.25, -0.2) is 0 Å². The van der Waals surface area contributed by atoms with E-state index < -0.39 is 0 Å². The van der Waals surface area contributed by atoms with Gasteiger partial charge in [0.2, 0.25) is 0 Å². The lowest BCUT2D eigenvalue weighted by molar-refractivity contribution is 0.661. The van der Waals surface area contributed by atoms with Crippen molar-refractivity contribution in [2.75, 3.05) is 0 Å². The first kappa shape index (κ1) is 34.7. The molecule has 0 N–H and O–H groups in total. The summed E-state index contributed by atoms with van der Waals surface area (Å²) in [5.74, 6) is 0. The fraction of sp³-hybridized carbons (Fsp3) is 0.0820. The Labute approximate surface area is 375 Å². The maximum absolute atomic E-state index is 2.54. The highest BCUT2D eigenvalue weighted by Gasteiger charge is 2.54. The van der Waals surface area contributed by atoms with Crippen molar-refractivity contribution in [1.29, 1.82) is 0 Å². The zero-order chi connectivity index (χ0) is 41.4. The largest absolute Gasteiger partial charge is 0.135 e. The molecule has 2 heterocycles. The van der Waals surface area contributed by atoms with E-state index in [0.717, 1.165) is 0 Å². The molecule has 0 amide bonds. The molecule has 0 saturated carbocycles. The van der Waals surface area contributed by atoms with Crippen LogP contribution in [-0.4, -0.2) is 0 Å². The van der Waals surface area contributed by atoms with Gasteiger partial charge in [-0.3, -0.25) is 0 Å². The number of rotatable bonds is 2. The van der Waals surface area contributed by atoms with Crippen LogP contribution in [0, 0.1) is 0 Å². The first-order chi connectivity index (χ1) is 31.0. The van der Waals surface area contributed by atoms with Crippen LogP contribution in [0.25, 0.3) is 75.1 Å². The third kappa shape index (κ3) is 4.01. The average Bonchev–Trinajstić information content (AvgIpc) is 4.19. The second-order valence-corrected chi connectivity index (χ2v) is 20.7. The van der Waals surface area contributed by atoms with Gasteiger partial charge in [-0.2, -0.15) is 0 Å². The second-order valence-electron chi connectivity index (χ2n) is 18.6. The Bertz CT molecular complexity index is 3350. The first-order valence-corrected chi connectivity index (χ1v) is 23.8. The van der Waals surface area contributed by atoms with Gasteiger partial charge in [0, 0.05) is 24.9 Å². The highest BCUT2D eigenvalue weighted by atomic mass is 32.1. The van der Waals surface area contributed by atoms with Crippen molar-refractivity contribution >= 4 is 22.7 Å². The average molecular weight is 835 g/mol. The topological polar surface area (TPSA) is 0 Å². The first-order valence-electron chi connectivity index (χ1n) is 22.2. The van der Waals surface area contributed by atoms with Crippen molar-refractivity contribution in [3.63, 3.8) is 0 Å². The molecule has 5 aliphatic carbocycles. The molecule has 294 valence electrons. The van der Waals surface area contributed by atoms with Gasteiger partial charge < -0.3 is 0 Å². The smallest absolute Gasteiger partial charge is 0.0734 e. The molecule has 2 aromatic heterocycles. The molecule has 0 unspecified atom stereocenters. The zero-order valence-electron chi connectivity index (χ0n) is 34.8. The van der Waals surface area contributed by atoms with Gasteiger partial charge in [-0.1, -0.05) is 184 Å². The van der Waals surface area contributed by atoms with E-state index in [0.29, 0.717) is 0 Å². The lowest BCUT2D eigenvalue weighted by Gasteiger charge is -2.29. The maximum Gasteiger partial charge on any atom is 0.0734 e. The van der Waals surface area contributed by atoms with Crippen molar-refractivity contribution in [2.24, 2.45) is 0 Å². The fourth-order valence-electron chi connectivity index (χ4n) is 13.0. The van der Waals surface area contributed by atoms with Gasteiger partial charge in [-0.05, 0) is 136 Å². The summed E-state index contributed by atoms with van der Waals surface area (Å²) >= 11 is 3.93. The Balaban J connectivity index is 0.848. The van der Waals surface area contributed by atoms with Crippen LogP contribution < -0.4 is 0 Å². The monoisotopic (exact) mass is 834 g/mol. The minimum Gasteiger partial charge on any atom is -0.135 e. The number of thiophene rings is 2. The number of fused-ring (bicyclic) bond motifs is 23. The van der Waals surface area contributed by atoms with E-state index in [4.69, 9.17) is 0 Å². The quantitative estimate of drug-likeness (QED) is 0.163. The summed E-state index contributed by atoms with van der Waals surface area (Å²) in [6.45, 7) is 4.87. The standard InChI is InChI=1S/C61H38S2/c1-59(2)51-31-35(55-33-53-57(62-55)43-19-7-13-25-49(43)60(53)45-21-9-3-15-37(45)38-16-4-10-22-46(38)60)27-29-41(51)42-30-28-36(32-52(42)59)56-34-54-58(63-56)44-20-8-14-26-50(44)61(54)47-23-11-5-17-39(47)40-18-6-12-24-48(40)61/h3-34H,1-2H3. The molecule has 5 aliphatic rings. The van der Waals surface area contributed by atoms with Crippen LogP contribution in [0.5, 0.6) is 0 Å². The molecule has 0 atom stereocenters. The lowest BCUT2D eigenvalue weighted by atomic mass is 9.71. The van der Waals surface area contributed by atoms with Gasteiger partial charge in [0.1, 0.15) is 0 Å². The molecular formula is C61H38S2. The van der Waals surface area contributed by atoms with Gasteiger partial charge in [0.15, 0.2) is 0 Å². The molecule has 8 aromatic carbocycles. The summed E-state index contributed by atoms with van der Waals surface area (Å²) < 4.78 is 0. The SMILES string of the molecule is CC1(C)c2cc(-c3cc4c(s3)-c3ccccc3C43c4ccccc4-c4ccccc43)ccc2-c2ccc(-c3cc4c(s3)-c3ccccc3C43c4ccccc4-c4ccccc43)cc21. The summed E-state index contributed by atoms with van der Waals surface area (Å²) in [6, 6.07) is 74.4. The summed E-state index contributed by atoms with van der Waals surface area (Å²) in [5.41, 5.74) is 26.7. The Kier molecular flexibility index (Phi) is 6.49. The molecule has 63 heavy (non-hydrogen) atoms. The number of hydrogen-bond donors (Lipinski definition) is 0. The third-order valence-corrected chi connectivity index (χ3v) is 18.0. The van der Waals surface area contributed by atoms with Crippen LogP contribution in [0.3, 0.4) is 0 Å². The van der Waals surface area contributed by atoms with Crippen molar-refractivity contribution in [3.05, 3.63) is 250 Å². The van der Waals surface area contributed by atoms with Crippen LogP contribution >= 0.6 is 22.7 Å². The van der Waals surface area contributed by atoms with E-state index in [-0.39, 0.29) is 16.2 Å². The molecule has 0 bridgehead atoms. The van der Waals surface area contributed by atoms with Gasteiger partial charge >= 0.3 is 0 Å². The molecule has 0 aliphatic heterocycles. The van der Waals surface area contributed by atoms with E-state index in [9.17, 15) is 0 Å². The van der Waals surface area contributed by atoms with E-state index in [1.807, 2.05) is 22.7 Å². The predicted octanol–water partition coefficient (Wildman–Crippen LogP) is 16.1. The van der Waals surface area contributed by atoms with E-state index in [1.165, 1.54) is 131 Å². The summed E-state index contributed by atoms with van der Waals surface area (Å²) in [5, 5.41) is 0. The lowest BCUT2D eigenvalue weighted by Crippen LogP contribution is -2.25. The highest BCUT2D eigenvalue weighted by molar-refractivity contribution is 7.19. The number of hydrogen-bond acceptors (Lipinski definition) is 2. The molecule has 2 heteroatoms. The van der Waals surface area contributed by atoms with Gasteiger partial charge in [0.25, 0.3) is 0 Å². The minimum atomic E-state index is -0.315. The molecule has 0 fully saturated rings. The van der Waals surface area contributed by atoms with Crippen LogP contribution in [0.1, 0.15) is 69.5 Å². The van der Waals surface area contributed by atoms with Crippen molar-refractivity contribution in [2.45, 2.75) is 30.1 Å². The Morgan fingerprint density at radius 3 is 0.905 bits per heavy atom. The van der Waals surface area contributed by atoms with Gasteiger partial charge in [-0.15, -0.1) is 22.7 Å². The van der Waals surface area contributed by atoms with Crippen LogP contribution in [0.2, 0.25) is 0 Å². The third-order valence-electron chi connectivity index (χ3n) is 15.6. The van der Waals surface area contributed by atoms with Crippen LogP contribution in [0.4, 0.5) is 0 Å². The maximum atomic E-state index is 2.54. The van der Waals surface area contributed by atoms with Crippen LogP contribution in [0.15, 0.2) is 194 Å². The van der Waals surface area contributed by atoms with Crippen molar-refractivity contribution < 1.29 is 0 Å². The molecule has 0 radical (unpaired) electrons. The fourth-order valence-corrected chi connectivity index (χ4v) is 15.5. The van der Waals surface area contributed by atoms with Crippen molar-refractivity contribution in [1.82, 2.24) is 0 Å². The Morgan fingerprint density at radius 1 is 0.270 bits per heavy atom. The Morgan fingerprint density at radius 2 is 0.556 bits per heavy atom. The van der Waals surface area contributed by atoms with Crippen molar-refractivity contribution in [3.8, 4) is 75.1 Å². The van der Waals surface area contributed by atoms with E-state index in [2.05, 4.69) is 208 Å². The summed E-state index contributed by atoms with van der Waals surface area (Å²) in [4.78, 5) is 5.47. The summed E-state index contributed by atoms with van der Waals surface area (Å²) in [6.07, 6.45) is 0. The molecule has 0 saturated heterocycles. The minimum absolute atomic E-state index is 0.162. The molecule has 2 spiro atoms. The van der Waals surface area contributed by atoms with Crippen LogP contribution in [-0.2, 0) is 16.2 Å². The molecule has 0 nitrogen and oxygen atoms in total. The molecule has 10 aromatic rings. The van der Waals surface area contributed by atoms with E-state index >= 15 is 0 Å².